The van der Waals surface area contributed by atoms with Crippen LogP contribution in [0.15, 0.2) is 45.8 Å². The molecule has 0 aliphatic carbocycles. The van der Waals surface area contributed by atoms with Crippen LogP contribution in [-0.2, 0) is 0 Å². The van der Waals surface area contributed by atoms with E-state index in [1.807, 2.05) is 42.0 Å². The molecule has 0 radical (unpaired) electrons. The van der Waals surface area contributed by atoms with Crippen molar-refractivity contribution in [2.45, 2.75) is 0 Å². The van der Waals surface area contributed by atoms with Gasteiger partial charge in [-0.1, -0.05) is 30.3 Å². The maximum atomic E-state index is 12.4. The van der Waals surface area contributed by atoms with Gasteiger partial charge in [-0.15, -0.1) is 28.2 Å². The second-order valence-electron chi connectivity index (χ2n) is 5.14. The zero-order chi connectivity index (χ0) is 16.5. The number of benzene rings is 1. The standard InChI is InChI=1S/C15H14N6OS2/c1-23-9-21-15(22)20-8-16-12(13(20)18-19-21)14-17-11(7-24-14)10-5-3-2-4-6-10/h2-7,19H,8-9H2,1H3. The lowest BCUT2D eigenvalue weighted by Gasteiger charge is -2.30. The van der Waals surface area contributed by atoms with Crippen molar-refractivity contribution in [3.05, 3.63) is 40.7 Å². The van der Waals surface area contributed by atoms with Crippen LogP contribution in [0.5, 0.6) is 0 Å². The highest BCUT2D eigenvalue weighted by Crippen LogP contribution is 2.25. The maximum Gasteiger partial charge on any atom is 0.348 e. The number of hydrogen-bond acceptors (Lipinski definition) is 7. The number of hydrazine groups is 1. The lowest BCUT2D eigenvalue weighted by Crippen LogP contribution is -2.55. The molecule has 24 heavy (non-hydrogen) atoms. The number of nitrogens with one attached hydrogen (secondary N) is 1. The van der Waals surface area contributed by atoms with E-state index in [0.717, 1.165) is 16.3 Å². The first-order chi connectivity index (χ1) is 11.8. The zero-order valence-corrected chi connectivity index (χ0v) is 14.5. The van der Waals surface area contributed by atoms with E-state index in [1.165, 1.54) is 16.3 Å². The first kappa shape index (κ1) is 15.2. The fourth-order valence-electron chi connectivity index (χ4n) is 2.47. The third kappa shape index (κ3) is 2.55. The second-order valence-corrected chi connectivity index (χ2v) is 6.84. The molecule has 4 rings (SSSR count). The third-order valence-electron chi connectivity index (χ3n) is 3.61. The van der Waals surface area contributed by atoms with E-state index in [9.17, 15) is 4.79 Å². The smallest absolute Gasteiger partial charge is 0.256 e. The zero-order valence-electron chi connectivity index (χ0n) is 12.8. The highest BCUT2D eigenvalue weighted by molar-refractivity contribution is 7.98. The number of thioether (sulfide) groups is 1. The Morgan fingerprint density at radius 1 is 1.33 bits per heavy atom. The summed E-state index contributed by atoms with van der Waals surface area (Å²) >= 11 is 3.05. The average molecular weight is 358 g/mol. The van der Waals surface area contributed by atoms with Crippen LogP contribution in [0.4, 0.5) is 4.79 Å². The predicted octanol–water partition coefficient (Wildman–Crippen LogP) is 2.45. The van der Waals surface area contributed by atoms with Crippen LogP contribution in [0.25, 0.3) is 11.3 Å². The van der Waals surface area contributed by atoms with Gasteiger partial charge in [0.1, 0.15) is 17.4 Å². The first-order valence-electron chi connectivity index (χ1n) is 7.25. The number of amides is 2. The summed E-state index contributed by atoms with van der Waals surface area (Å²) in [7, 11) is 0. The molecule has 1 aromatic heterocycles. The molecule has 0 bridgehead atoms. The molecule has 2 aromatic rings. The number of hydrogen-bond donors (Lipinski definition) is 1. The molecule has 0 saturated heterocycles. The molecular weight excluding hydrogens is 344 g/mol. The summed E-state index contributed by atoms with van der Waals surface area (Å²) in [5.74, 6) is 1.06. The van der Waals surface area contributed by atoms with Crippen LogP contribution in [0.2, 0.25) is 0 Å². The van der Waals surface area contributed by atoms with E-state index in [4.69, 9.17) is 0 Å². The molecule has 1 aromatic carbocycles. The molecule has 2 aliphatic rings. The average Bonchev–Trinajstić information content (AvgIpc) is 3.25. The van der Waals surface area contributed by atoms with Crippen molar-refractivity contribution in [2.75, 3.05) is 18.8 Å². The van der Waals surface area contributed by atoms with Gasteiger partial charge < -0.3 is 0 Å². The summed E-state index contributed by atoms with van der Waals surface area (Å²) in [5.41, 5.74) is 5.40. The van der Waals surface area contributed by atoms with Crippen molar-refractivity contribution in [3.8, 4) is 11.3 Å². The van der Waals surface area contributed by atoms with Crippen molar-refractivity contribution in [1.29, 1.82) is 0 Å². The Bertz CT molecular complexity index is 831. The minimum atomic E-state index is -0.145. The minimum Gasteiger partial charge on any atom is -0.256 e. The molecule has 0 saturated carbocycles. The number of thiazole rings is 1. The molecular formula is C15H14N6OS2. The number of nitrogens with zero attached hydrogens (tertiary/aromatic N) is 5. The largest absolute Gasteiger partial charge is 0.348 e. The molecule has 0 fully saturated rings. The number of aromatic nitrogens is 1. The third-order valence-corrected chi connectivity index (χ3v) is 4.98. The number of urea groups is 1. The first-order valence-corrected chi connectivity index (χ1v) is 9.52. The monoisotopic (exact) mass is 358 g/mol. The number of carbonyl (C=O) groups is 1. The molecule has 0 atom stereocenters. The Balaban J connectivity index is 1.60. The normalized spacial score (nSPS) is 16.6. The number of carbonyl (C=O) groups excluding carboxylic acids is 1. The van der Waals surface area contributed by atoms with E-state index >= 15 is 0 Å². The quantitative estimate of drug-likeness (QED) is 0.911. The summed E-state index contributed by atoms with van der Waals surface area (Å²) < 4.78 is 0. The Morgan fingerprint density at radius 3 is 2.96 bits per heavy atom. The Kier molecular flexibility index (Phi) is 3.95. The van der Waals surface area contributed by atoms with Gasteiger partial charge in [0.2, 0.25) is 0 Å². The number of rotatable bonds is 4. The Labute approximate surface area is 147 Å². The molecule has 0 unspecified atom stereocenters. The van der Waals surface area contributed by atoms with Gasteiger partial charge in [0.25, 0.3) is 0 Å². The summed E-state index contributed by atoms with van der Waals surface area (Å²) in [4.78, 5) is 23.1. The number of fused-ring (bicyclic) bond motifs is 1. The van der Waals surface area contributed by atoms with Gasteiger partial charge in [-0.25, -0.2) is 20.3 Å². The van der Waals surface area contributed by atoms with Crippen molar-refractivity contribution >= 4 is 40.7 Å². The SMILES string of the molecule is CSCN1NN=C2C(c3nc(-c4ccccc4)cs3)=NCN2C1=O. The number of aliphatic imine (C=N–C) groups is 1. The summed E-state index contributed by atoms with van der Waals surface area (Å²) in [5, 5.41) is 8.53. The Hall–Kier alpha value is -2.39. The lowest BCUT2D eigenvalue weighted by atomic mass is 10.2. The second kappa shape index (κ2) is 6.25. The fourth-order valence-corrected chi connectivity index (χ4v) is 3.72. The summed E-state index contributed by atoms with van der Waals surface area (Å²) in [6.45, 7) is 0.278. The molecule has 2 aliphatic heterocycles. The molecule has 122 valence electrons. The van der Waals surface area contributed by atoms with Crippen LogP contribution in [0, 0.1) is 0 Å². The van der Waals surface area contributed by atoms with Gasteiger partial charge in [-0.2, -0.15) is 0 Å². The van der Waals surface area contributed by atoms with Gasteiger partial charge >= 0.3 is 6.03 Å². The fraction of sp³-hybridized carbons (Fsp3) is 0.200. The summed E-state index contributed by atoms with van der Waals surface area (Å²) in [6.07, 6.45) is 1.93. The van der Waals surface area contributed by atoms with E-state index in [0.29, 0.717) is 17.4 Å². The van der Waals surface area contributed by atoms with E-state index < -0.39 is 0 Å². The molecule has 9 heteroatoms. The van der Waals surface area contributed by atoms with Crippen molar-refractivity contribution in [1.82, 2.24) is 20.4 Å². The van der Waals surface area contributed by atoms with Crippen molar-refractivity contribution in [3.63, 3.8) is 0 Å². The molecule has 7 nitrogen and oxygen atoms in total. The van der Waals surface area contributed by atoms with E-state index in [2.05, 4.69) is 20.6 Å². The number of amidine groups is 1. The van der Waals surface area contributed by atoms with Crippen molar-refractivity contribution < 1.29 is 4.79 Å². The topological polar surface area (TPSA) is 73.2 Å². The van der Waals surface area contributed by atoms with Gasteiger partial charge in [-0.05, 0) is 6.26 Å². The molecule has 3 heterocycles. The predicted molar refractivity (Wildman–Crippen MR) is 97.0 cm³/mol. The number of hydrazone groups is 1. The highest BCUT2D eigenvalue weighted by atomic mass is 32.2. The van der Waals surface area contributed by atoms with Crippen LogP contribution in [-0.4, -0.2) is 51.3 Å². The van der Waals surface area contributed by atoms with Crippen LogP contribution < -0.4 is 5.53 Å². The van der Waals surface area contributed by atoms with Gasteiger partial charge in [0.05, 0.1) is 11.6 Å². The highest BCUT2D eigenvalue weighted by Gasteiger charge is 2.37. The summed E-state index contributed by atoms with van der Waals surface area (Å²) in [6, 6.07) is 9.84. The molecule has 2 amide bonds. The van der Waals surface area contributed by atoms with Gasteiger partial charge in [-0.3, -0.25) is 9.89 Å². The maximum absolute atomic E-state index is 12.4. The van der Waals surface area contributed by atoms with E-state index in [-0.39, 0.29) is 12.7 Å². The minimum absolute atomic E-state index is 0.145. The molecule has 1 N–H and O–H groups in total. The molecule has 0 spiro atoms. The van der Waals surface area contributed by atoms with Crippen LogP contribution in [0.3, 0.4) is 0 Å². The van der Waals surface area contributed by atoms with Gasteiger partial charge in [0.15, 0.2) is 5.84 Å². The van der Waals surface area contributed by atoms with Crippen LogP contribution in [0.1, 0.15) is 5.01 Å². The Morgan fingerprint density at radius 2 is 2.17 bits per heavy atom. The lowest BCUT2D eigenvalue weighted by molar-refractivity contribution is 0.155. The van der Waals surface area contributed by atoms with Gasteiger partial charge in [0, 0.05) is 10.9 Å². The van der Waals surface area contributed by atoms with Crippen LogP contribution >= 0.6 is 23.1 Å². The van der Waals surface area contributed by atoms with Crippen molar-refractivity contribution in [2.24, 2.45) is 10.1 Å². The van der Waals surface area contributed by atoms with E-state index in [1.54, 1.807) is 16.7 Å².